The number of aliphatic imine (C=N–C) groups is 1. The molecule has 1 fully saturated rings. The van der Waals surface area contributed by atoms with E-state index in [1.54, 1.807) is 0 Å². The van der Waals surface area contributed by atoms with Crippen molar-refractivity contribution in [2.75, 3.05) is 11.9 Å². The molecule has 1 saturated carbocycles. The second-order valence-electron chi connectivity index (χ2n) is 5.87. The van der Waals surface area contributed by atoms with Gasteiger partial charge in [-0.3, -0.25) is 4.99 Å². The number of hydrogen-bond donors (Lipinski definition) is 1. The summed E-state index contributed by atoms with van der Waals surface area (Å²) < 4.78 is 4.05. The quantitative estimate of drug-likeness (QED) is 0.641. The van der Waals surface area contributed by atoms with Gasteiger partial charge in [-0.15, -0.1) is 17.5 Å². The van der Waals surface area contributed by atoms with Gasteiger partial charge in [-0.2, -0.15) is 0 Å². The molecule has 0 saturated heterocycles. The molecule has 0 amide bonds. The summed E-state index contributed by atoms with van der Waals surface area (Å²) in [4.78, 5) is 5.92. The maximum Gasteiger partial charge on any atom is 0.146 e. The molecule has 1 aliphatic rings. The van der Waals surface area contributed by atoms with E-state index < -0.39 is 0 Å². The Morgan fingerprint density at radius 2 is 1.96 bits per heavy atom. The monoisotopic (exact) mass is 350 g/mol. The van der Waals surface area contributed by atoms with E-state index in [-0.39, 0.29) is 12.4 Å². The van der Waals surface area contributed by atoms with E-state index in [0.717, 1.165) is 34.6 Å². The Bertz CT molecular complexity index is 621. The summed E-state index contributed by atoms with van der Waals surface area (Å²) in [6.07, 6.45) is 6.70. The minimum absolute atomic E-state index is 0. The highest BCUT2D eigenvalue weighted by molar-refractivity contribution is 7.08. The molecular formula is C17H23ClN4S. The van der Waals surface area contributed by atoms with Crippen LogP contribution >= 0.6 is 23.9 Å². The Morgan fingerprint density at radius 3 is 2.61 bits per heavy atom. The number of benzene rings is 1. The highest BCUT2D eigenvalue weighted by Gasteiger charge is 2.15. The van der Waals surface area contributed by atoms with Gasteiger partial charge in [-0.1, -0.05) is 41.9 Å². The van der Waals surface area contributed by atoms with Crippen molar-refractivity contribution in [3.05, 3.63) is 40.9 Å². The molecule has 2 aromatic rings. The Balaban J connectivity index is 0.00000192. The van der Waals surface area contributed by atoms with Crippen LogP contribution in [0.5, 0.6) is 0 Å². The summed E-state index contributed by atoms with van der Waals surface area (Å²) >= 11 is 1.41. The van der Waals surface area contributed by atoms with E-state index in [0.29, 0.717) is 0 Å². The molecule has 0 spiro atoms. The van der Waals surface area contributed by atoms with Crippen molar-refractivity contribution in [3.8, 4) is 0 Å². The number of rotatable bonds is 4. The van der Waals surface area contributed by atoms with Crippen molar-refractivity contribution in [1.82, 2.24) is 9.59 Å². The number of para-hydroxylation sites is 1. The number of nitrogens with one attached hydrogen (secondary N) is 1. The molecule has 124 valence electrons. The van der Waals surface area contributed by atoms with Crippen LogP contribution in [0.1, 0.15) is 42.7 Å². The largest absolute Gasteiger partial charge is 0.339 e. The van der Waals surface area contributed by atoms with E-state index in [2.05, 4.69) is 27.0 Å². The molecule has 0 bridgehead atoms. The molecule has 0 atom stereocenters. The van der Waals surface area contributed by atoms with Crippen LogP contribution in [0.25, 0.3) is 0 Å². The number of anilines is 1. The van der Waals surface area contributed by atoms with E-state index in [1.165, 1.54) is 43.6 Å². The summed E-state index contributed by atoms with van der Waals surface area (Å²) in [7, 11) is 0. The van der Waals surface area contributed by atoms with Gasteiger partial charge in [0.2, 0.25) is 0 Å². The van der Waals surface area contributed by atoms with E-state index >= 15 is 0 Å². The maximum atomic E-state index is 4.88. The molecule has 0 aliphatic heterocycles. The average molecular weight is 351 g/mol. The molecule has 1 aliphatic carbocycles. The first-order valence-corrected chi connectivity index (χ1v) is 8.76. The topological polar surface area (TPSA) is 50.2 Å². The number of hydrogen-bond acceptors (Lipinski definition) is 4. The average Bonchev–Trinajstić information content (AvgIpc) is 2.99. The normalized spacial score (nSPS) is 16.0. The lowest BCUT2D eigenvalue weighted by Gasteiger charge is -2.20. The minimum atomic E-state index is 0. The molecule has 4 nitrogen and oxygen atoms in total. The fourth-order valence-electron chi connectivity index (χ4n) is 2.86. The maximum absolute atomic E-state index is 4.88. The standard InChI is InChI=1S/C17H22N4S.ClH/c1-13-16(22-21-20-13)17(19-15-10-6-3-7-11-15)18-12-14-8-4-2-5-9-14;/h3,6-7,10-11,14H,2,4-5,8-9,12H2,1H3,(H,18,19);1H. The van der Waals surface area contributed by atoms with Gasteiger partial charge in [0, 0.05) is 12.2 Å². The number of aryl methyl sites for hydroxylation is 1. The molecule has 1 N–H and O–H groups in total. The summed E-state index contributed by atoms with van der Waals surface area (Å²) in [6.45, 7) is 2.88. The van der Waals surface area contributed by atoms with Crippen LogP contribution in [0.2, 0.25) is 0 Å². The molecule has 0 radical (unpaired) electrons. The third-order valence-electron chi connectivity index (χ3n) is 4.14. The summed E-state index contributed by atoms with van der Waals surface area (Å²) in [5.41, 5.74) is 1.99. The van der Waals surface area contributed by atoms with Crippen molar-refractivity contribution in [2.24, 2.45) is 10.9 Å². The Kier molecular flexibility index (Phi) is 6.99. The summed E-state index contributed by atoms with van der Waals surface area (Å²) in [6, 6.07) is 10.2. The van der Waals surface area contributed by atoms with Crippen molar-refractivity contribution in [1.29, 1.82) is 0 Å². The van der Waals surface area contributed by atoms with Gasteiger partial charge >= 0.3 is 0 Å². The molecule has 23 heavy (non-hydrogen) atoms. The van der Waals surface area contributed by atoms with E-state index in [9.17, 15) is 0 Å². The zero-order valence-electron chi connectivity index (χ0n) is 13.4. The first-order chi connectivity index (χ1) is 10.8. The van der Waals surface area contributed by atoms with Crippen molar-refractivity contribution in [3.63, 3.8) is 0 Å². The second kappa shape index (κ2) is 8.99. The van der Waals surface area contributed by atoms with Gasteiger partial charge in [0.25, 0.3) is 0 Å². The summed E-state index contributed by atoms with van der Waals surface area (Å²) in [5, 5.41) is 7.56. The van der Waals surface area contributed by atoms with E-state index in [1.807, 2.05) is 25.1 Å². The molecule has 0 unspecified atom stereocenters. The Hall–Kier alpha value is -1.46. The lowest BCUT2D eigenvalue weighted by molar-refractivity contribution is 0.367. The van der Waals surface area contributed by atoms with Crippen LogP contribution in [-0.2, 0) is 0 Å². The first-order valence-electron chi connectivity index (χ1n) is 7.99. The fourth-order valence-corrected chi connectivity index (χ4v) is 3.48. The Labute approximate surface area is 148 Å². The molecule has 1 heterocycles. The fraction of sp³-hybridized carbons (Fsp3) is 0.471. The van der Waals surface area contributed by atoms with Gasteiger partial charge in [0.1, 0.15) is 10.7 Å². The molecular weight excluding hydrogens is 328 g/mol. The van der Waals surface area contributed by atoms with Crippen LogP contribution < -0.4 is 5.32 Å². The lowest BCUT2D eigenvalue weighted by atomic mass is 9.89. The third-order valence-corrected chi connectivity index (χ3v) is 4.97. The smallest absolute Gasteiger partial charge is 0.146 e. The SMILES string of the molecule is Cc1nnsc1C(=NCC1CCCCC1)Nc1ccccc1.Cl. The lowest BCUT2D eigenvalue weighted by Crippen LogP contribution is -2.17. The second-order valence-corrected chi connectivity index (χ2v) is 6.63. The van der Waals surface area contributed by atoms with Crippen LogP contribution in [0.15, 0.2) is 35.3 Å². The van der Waals surface area contributed by atoms with Crippen molar-refractivity contribution >= 4 is 35.5 Å². The number of aromatic nitrogens is 2. The minimum Gasteiger partial charge on any atom is -0.339 e. The molecule has 3 rings (SSSR count). The van der Waals surface area contributed by atoms with Crippen molar-refractivity contribution < 1.29 is 0 Å². The zero-order chi connectivity index (χ0) is 15.2. The third kappa shape index (κ3) is 5.01. The molecule has 6 heteroatoms. The molecule has 1 aromatic carbocycles. The predicted molar refractivity (Wildman–Crippen MR) is 99.9 cm³/mol. The highest BCUT2D eigenvalue weighted by atomic mass is 35.5. The Morgan fingerprint density at radius 1 is 1.22 bits per heavy atom. The zero-order valence-corrected chi connectivity index (χ0v) is 15.0. The number of amidine groups is 1. The van der Waals surface area contributed by atoms with Crippen LogP contribution in [-0.4, -0.2) is 22.0 Å². The number of nitrogens with zero attached hydrogens (tertiary/aromatic N) is 3. The molecule has 1 aromatic heterocycles. The van der Waals surface area contributed by atoms with Gasteiger partial charge in [-0.05, 0) is 49.3 Å². The van der Waals surface area contributed by atoms with E-state index in [4.69, 9.17) is 4.99 Å². The van der Waals surface area contributed by atoms with Gasteiger partial charge in [-0.25, -0.2) is 0 Å². The van der Waals surface area contributed by atoms with Crippen LogP contribution in [0.4, 0.5) is 5.69 Å². The van der Waals surface area contributed by atoms with Crippen LogP contribution in [0, 0.1) is 12.8 Å². The predicted octanol–water partition coefficient (Wildman–Crippen LogP) is 4.71. The highest BCUT2D eigenvalue weighted by Crippen LogP contribution is 2.24. The van der Waals surface area contributed by atoms with Gasteiger partial charge in [0.05, 0.1) is 5.69 Å². The van der Waals surface area contributed by atoms with Gasteiger partial charge in [0.15, 0.2) is 0 Å². The van der Waals surface area contributed by atoms with Gasteiger partial charge < -0.3 is 5.32 Å². The van der Waals surface area contributed by atoms with Crippen LogP contribution in [0.3, 0.4) is 0 Å². The summed E-state index contributed by atoms with van der Waals surface area (Å²) in [5.74, 6) is 1.63. The first kappa shape index (κ1) is 17.9. The number of halogens is 1. The van der Waals surface area contributed by atoms with Crippen molar-refractivity contribution in [2.45, 2.75) is 39.0 Å².